The number of hydrogen-bond donors (Lipinski definition) is 1. The molecule has 2 aromatic rings. The number of halogens is 2. The minimum absolute atomic E-state index is 0.0216. The molecule has 1 unspecified atom stereocenters. The highest BCUT2D eigenvalue weighted by molar-refractivity contribution is 9.10. The van der Waals surface area contributed by atoms with Gasteiger partial charge in [0.05, 0.1) is 17.9 Å². The van der Waals surface area contributed by atoms with Crippen molar-refractivity contribution in [3.05, 3.63) is 58.2 Å². The van der Waals surface area contributed by atoms with Crippen LogP contribution in [0.4, 0.5) is 4.39 Å². The number of benzene rings is 1. The smallest absolute Gasteiger partial charge is 0.254 e. The Balaban J connectivity index is 1.71. The predicted molar refractivity (Wildman–Crippen MR) is 88.7 cm³/mol. The van der Waals surface area contributed by atoms with Crippen molar-refractivity contribution < 1.29 is 13.6 Å². The van der Waals surface area contributed by atoms with Gasteiger partial charge in [-0.05, 0) is 56.3 Å². The highest BCUT2D eigenvalue weighted by Crippen LogP contribution is 2.25. The van der Waals surface area contributed by atoms with Gasteiger partial charge in [0.15, 0.2) is 0 Å². The summed E-state index contributed by atoms with van der Waals surface area (Å²) < 4.78 is 20.0. The quantitative estimate of drug-likeness (QED) is 0.858. The third kappa shape index (κ3) is 3.82. The first-order chi connectivity index (χ1) is 11.1. The topological polar surface area (TPSA) is 45.5 Å². The van der Waals surface area contributed by atoms with Gasteiger partial charge in [-0.1, -0.05) is 15.9 Å². The Bertz CT molecular complexity index is 669. The maximum Gasteiger partial charge on any atom is 0.254 e. The van der Waals surface area contributed by atoms with Gasteiger partial charge in [-0.3, -0.25) is 9.69 Å². The Labute approximate surface area is 142 Å². The molecule has 1 N–H and O–H groups in total. The zero-order chi connectivity index (χ0) is 16.2. The molecule has 122 valence electrons. The van der Waals surface area contributed by atoms with Crippen LogP contribution in [0, 0.1) is 5.82 Å². The molecule has 1 aromatic carbocycles. The number of furan rings is 1. The Morgan fingerprint density at radius 1 is 1.35 bits per heavy atom. The van der Waals surface area contributed by atoms with E-state index in [1.165, 1.54) is 12.1 Å². The monoisotopic (exact) mass is 380 g/mol. The molecule has 1 saturated heterocycles. The number of nitrogens with one attached hydrogen (secondary N) is 1. The van der Waals surface area contributed by atoms with Crippen LogP contribution in [0.2, 0.25) is 0 Å². The lowest BCUT2D eigenvalue weighted by Gasteiger charge is -2.26. The van der Waals surface area contributed by atoms with E-state index in [4.69, 9.17) is 4.42 Å². The lowest BCUT2D eigenvalue weighted by atomic mass is 10.1. The number of carbonyl (C=O) groups is 1. The van der Waals surface area contributed by atoms with Crippen molar-refractivity contribution in [2.75, 3.05) is 19.6 Å². The van der Waals surface area contributed by atoms with Crippen LogP contribution < -0.4 is 5.32 Å². The van der Waals surface area contributed by atoms with Crippen molar-refractivity contribution in [1.29, 1.82) is 0 Å². The Kier molecular flexibility index (Phi) is 5.13. The molecule has 0 radical (unpaired) electrons. The molecule has 1 aliphatic heterocycles. The zero-order valence-electron chi connectivity index (χ0n) is 12.6. The molecule has 23 heavy (non-hydrogen) atoms. The minimum Gasteiger partial charge on any atom is -0.468 e. The average Bonchev–Trinajstić information content (AvgIpc) is 3.23. The average molecular weight is 381 g/mol. The van der Waals surface area contributed by atoms with E-state index in [-0.39, 0.29) is 11.6 Å². The molecule has 1 aliphatic rings. The molecule has 0 spiro atoms. The summed E-state index contributed by atoms with van der Waals surface area (Å²) in [5.41, 5.74) is 0.0407. The van der Waals surface area contributed by atoms with E-state index in [9.17, 15) is 9.18 Å². The molecule has 4 nitrogen and oxygen atoms in total. The summed E-state index contributed by atoms with van der Waals surface area (Å²) in [6, 6.07) is 8.07. The van der Waals surface area contributed by atoms with Gasteiger partial charge in [-0.2, -0.15) is 0 Å². The highest BCUT2D eigenvalue weighted by Gasteiger charge is 2.26. The number of nitrogens with zero attached hydrogens (tertiary/aromatic N) is 1. The molecule has 1 atom stereocenters. The fourth-order valence-electron chi connectivity index (χ4n) is 2.90. The van der Waals surface area contributed by atoms with Crippen LogP contribution in [-0.4, -0.2) is 30.4 Å². The number of rotatable bonds is 5. The van der Waals surface area contributed by atoms with E-state index in [1.54, 1.807) is 12.3 Å². The van der Waals surface area contributed by atoms with E-state index in [0.717, 1.165) is 31.7 Å². The van der Waals surface area contributed by atoms with Crippen LogP contribution in [0.1, 0.15) is 35.0 Å². The predicted octanol–water partition coefficient (Wildman–Crippen LogP) is 3.75. The summed E-state index contributed by atoms with van der Waals surface area (Å²) in [5, 5.41) is 2.83. The molecular weight excluding hydrogens is 363 g/mol. The first kappa shape index (κ1) is 16.2. The lowest BCUT2D eigenvalue weighted by molar-refractivity contribution is 0.0929. The van der Waals surface area contributed by atoms with Gasteiger partial charge in [0.25, 0.3) is 5.91 Å². The summed E-state index contributed by atoms with van der Waals surface area (Å²) >= 11 is 3.26. The zero-order valence-corrected chi connectivity index (χ0v) is 14.2. The molecule has 3 rings (SSSR count). The van der Waals surface area contributed by atoms with Gasteiger partial charge in [-0.25, -0.2) is 4.39 Å². The first-order valence-corrected chi connectivity index (χ1v) is 8.45. The van der Waals surface area contributed by atoms with Crippen LogP contribution in [0.5, 0.6) is 0 Å². The first-order valence-electron chi connectivity index (χ1n) is 7.66. The second kappa shape index (κ2) is 7.27. The van der Waals surface area contributed by atoms with Gasteiger partial charge in [0, 0.05) is 11.0 Å². The minimum atomic E-state index is -0.526. The lowest BCUT2D eigenvalue weighted by Crippen LogP contribution is -2.36. The highest BCUT2D eigenvalue weighted by atomic mass is 79.9. The standard InChI is InChI=1S/C17H18BrFN2O2/c18-12-5-6-14(19)13(10-12)17(22)20-11-15(16-4-3-9-23-16)21-7-1-2-8-21/h3-6,9-10,15H,1-2,7-8,11H2,(H,20,22). The molecule has 0 saturated carbocycles. The summed E-state index contributed by atoms with van der Waals surface area (Å²) in [5.74, 6) is -0.122. The Morgan fingerprint density at radius 3 is 2.83 bits per heavy atom. The van der Waals surface area contributed by atoms with Crippen molar-refractivity contribution in [2.24, 2.45) is 0 Å². The summed E-state index contributed by atoms with van der Waals surface area (Å²) in [6.07, 6.45) is 3.92. The van der Waals surface area contributed by atoms with Crippen molar-refractivity contribution in [2.45, 2.75) is 18.9 Å². The second-order valence-electron chi connectivity index (χ2n) is 5.61. The number of likely N-dealkylation sites (tertiary alicyclic amines) is 1. The van der Waals surface area contributed by atoms with E-state index in [0.29, 0.717) is 11.0 Å². The van der Waals surface area contributed by atoms with Crippen molar-refractivity contribution in [3.8, 4) is 0 Å². The van der Waals surface area contributed by atoms with Crippen molar-refractivity contribution in [1.82, 2.24) is 10.2 Å². The fourth-order valence-corrected chi connectivity index (χ4v) is 3.26. The SMILES string of the molecule is O=C(NCC(c1ccco1)N1CCCC1)c1cc(Br)ccc1F. The Hall–Kier alpha value is -1.66. The van der Waals surface area contributed by atoms with Crippen LogP contribution in [0.3, 0.4) is 0 Å². The van der Waals surface area contributed by atoms with Crippen molar-refractivity contribution >= 4 is 21.8 Å². The number of carbonyl (C=O) groups excluding carboxylic acids is 1. The second-order valence-corrected chi connectivity index (χ2v) is 6.52. The van der Waals surface area contributed by atoms with Gasteiger partial charge >= 0.3 is 0 Å². The van der Waals surface area contributed by atoms with Gasteiger partial charge < -0.3 is 9.73 Å². The fraction of sp³-hybridized carbons (Fsp3) is 0.353. The van der Waals surface area contributed by atoms with E-state index >= 15 is 0 Å². The molecule has 0 aliphatic carbocycles. The summed E-state index contributed by atoms with van der Waals surface area (Å²) in [4.78, 5) is 14.6. The summed E-state index contributed by atoms with van der Waals surface area (Å²) in [7, 11) is 0. The normalized spacial score (nSPS) is 16.4. The number of hydrogen-bond acceptors (Lipinski definition) is 3. The third-order valence-electron chi connectivity index (χ3n) is 4.08. The molecule has 1 amide bonds. The van der Waals surface area contributed by atoms with E-state index < -0.39 is 11.7 Å². The summed E-state index contributed by atoms with van der Waals surface area (Å²) in [6.45, 7) is 2.34. The Morgan fingerprint density at radius 2 is 2.13 bits per heavy atom. The van der Waals surface area contributed by atoms with Crippen molar-refractivity contribution in [3.63, 3.8) is 0 Å². The van der Waals surface area contributed by atoms with Gasteiger partial charge in [-0.15, -0.1) is 0 Å². The van der Waals surface area contributed by atoms with E-state index in [1.807, 2.05) is 12.1 Å². The van der Waals surface area contributed by atoms with E-state index in [2.05, 4.69) is 26.1 Å². The third-order valence-corrected chi connectivity index (χ3v) is 4.58. The molecule has 1 aromatic heterocycles. The molecule has 6 heteroatoms. The molecular formula is C17H18BrFN2O2. The van der Waals surface area contributed by atoms with Gasteiger partial charge in [0.1, 0.15) is 11.6 Å². The van der Waals surface area contributed by atoms with Gasteiger partial charge in [0.2, 0.25) is 0 Å². The maximum absolute atomic E-state index is 13.8. The maximum atomic E-state index is 13.8. The molecule has 2 heterocycles. The van der Waals surface area contributed by atoms with Crippen LogP contribution in [-0.2, 0) is 0 Å². The number of amides is 1. The van der Waals surface area contributed by atoms with Crippen LogP contribution >= 0.6 is 15.9 Å². The molecule has 0 bridgehead atoms. The molecule has 1 fully saturated rings. The largest absolute Gasteiger partial charge is 0.468 e. The van der Waals surface area contributed by atoms with Crippen LogP contribution in [0.15, 0.2) is 45.5 Å². The van der Waals surface area contributed by atoms with Crippen LogP contribution in [0.25, 0.3) is 0 Å².